The lowest BCUT2D eigenvalue weighted by molar-refractivity contribution is 0.0954. The Bertz CT molecular complexity index is 347. The molecule has 1 aromatic rings. The summed E-state index contributed by atoms with van der Waals surface area (Å²) in [4.78, 5) is 14.2. The highest BCUT2D eigenvalue weighted by atomic mass is 32.1. The first-order valence-electron chi connectivity index (χ1n) is 3.91. The van der Waals surface area contributed by atoms with Gasteiger partial charge in [-0.05, 0) is 12.1 Å². The normalized spacial score (nSPS) is 9.62. The van der Waals surface area contributed by atoms with Crippen LogP contribution in [0.5, 0.6) is 0 Å². The van der Waals surface area contributed by atoms with Crippen molar-refractivity contribution < 1.29 is 4.79 Å². The Morgan fingerprint density at radius 1 is 1.69 bits per heavy atom. The zero-order valence-corrected chi connectivity index (χ0v) is 7.86. The standard InChI is InChI=1S/C8H11N3OS/c9-3-5-10-7(12)6-2-1-4-11-8(6)13/h1-2,4H,3,5,9H2,(H,10,12)(H,11,13). The zero-order valence-electron chi connectivity index (χ0n) is 7.04. The van der Waals surface area contributed by atoms with E-state index in [4.69, 9.17) is 18.0 Å². The SMILES string of the molecule is NCCNC(=O)c1ccc[nH]c1=S. The van der Waals surface area contributed by atoms with Crippen LogP contribution >= 0.6 is 12.2 Å². The molecule has 1 amide bonds. The van der Waals surface area contributed by atoms with E-state index < -0.39 is 0 Å². The molecule has 0 spiro atoms. The molecular weight excluding hydrogens is 186 g/mol. The van der Waals surface area contributed by atoms with E-state index >= 15 is 0 Å². The molecule has 13 heavy (non-hydrogen) atoms. The minimum atomic E-state index is -0.188. The molecule has 0 saturated carbocycles. The van der Waals surface area contributed by atoms with Gasteiger partial charge in [-0.1, -0.05) is 12.2 Å². The van der Waals surface area contributed by atoms with Crippen LogP contribution in [0.1, 0.15) is 10.4 Å². The summed E-state index contributed by atoms with van der Waals surface area (Å²) in [6.45, 7) is 0.886. The molecule has 1 rings (SSSR count). The number of pyridine rings is 1. The van der Waals surface area contributed by atoms with Crippen molar-refractivity contribution in [2.24, 2.45) is 5.73 Å². The van der Waals surface area contributed by atoms with Gasteiger partial charge in [-0.15, -0.1) is 0 Å². The minimum Gasteiger partial charge on any atom is -0.352 e. The van der Waals surface area contributed by atoms with Gasteiger partial charge in [-0.2, -0.15) is 0 Å². The third-order valence-electron chi connectivity index (χ3n) is 1.49. The molecule has 0 unspecified atom stereocenters. The Balaban J connectivity index is 2.77. The molecule has 1 aromatic heterocycles. The maximum atomic E-state index is 11.4. The van der Waals surface area contributed by atoms with E-state index in [2.05, 4.69) is 10.3 Å². The van der Waals surface area contributed by atoms with Crippen LogP contribution in [-0.2, 0) is 0 Å². The Kier molecular flexibility index (Phi) is 3.60. The van der Waals surface area contributed by atoms with Gasteiger partial charge in [0.05, 0.1) is 5.56 Å². The van der Waals surface area contributed by atoms with Gasteiger partial charge in [0.25, 0.3) is 5.91 Å². The smallest absolute Gasteiger partial charge is 0.254 e. The topological polar surface area (TPSA) is 70.9 Å². The number of carbonyl (C=O) groups excluding carboxylic acids is 1. The molecule has 70 valence electrons. The van der Waals surface area contributed by atoms with E-state index in [0.29, 0.717) is 23.3 Å². The van der Waals surface area contributed by atoms with Crippen LogP contribution in [-0.4, -0.2) is 24.0 Å². The Morgan fingerprint density at radius 3 is 3.08 bits per heavy atom. The fraction of sp³-hybridized carbons (Fsp3) is 0.250. The molecule has 0 atom stereocenters. The van der Waals surface area contributed by atoms with Gasteiger partial charge in [0, 0.05) is 19.3 Å². The van der Waals surface area contributed by atoms with E-state index in [1.54, 1.807) is 18.3 Å². The Hall–Kier alpha value is -1.20. The molecule has 0 aliphatic rings. The van der Waals surface area contributed by atoms with Crippen LogP contribution in [0.4, 0.5) is 0 Å². The molecule has 0 fully saturated rings. The number of nitrogens with two attached hydrogens (primary N) is 1. The lowest BCUT2D eigenvalue weighted by Crippen LogP contribution is -2.29. The number of nitrogens with one attached hydrogen (secondary N) is 2. The molecule has 0 aromatic carbocycles. The van der Waals surface area contributed by atoms with Crippen molar-refractivity contribution in [2.45, 2.75) is 0 Å². The van der Waals surface area contributed by atoms with Crippen LogP contribution < -0.4 is 11.1 Å². The summed E-state index contributed by atoms with van der Waals surface area (Å²) >= 11 is 4.93. The number of aromatic nitrogens is 1. The van der Waals surface area contributed by atoms with Crippen LogP contribution in [0.15, 0.2) is 18.3 Å². The molecule has 0 saturated heterocycles. The highest BCUT2D eigenvalue weighted by molar-refractivity contribution is 7.71. The van der Waals surface area contributed by atoms with Crippen molar-refractivity contribution in [1.29, 1.82) is 0 Å². The number of aromatic amines is 1. The van der Waals surface area contributed by atoms with Crippen LogP contribution in [0.2, 0.25) is 0 Å². The third kappa shape index (κ3) is 2.64. The second-order valence-electron chi connectivity index (χ2n) is 2.46. The fourth-order valence-corrected chi connectivity index (χ4v) is 1.11. The van der Waals surface area contributed by atoms with E-state index in [9.17, 15) is 4.79 Å². The number of carbonyl (C=O) groups is 1. The summed E-state index contributed by atoms with van der Waals surface area (Å²) < 4.78 is 0.442. The van der Waals surface area contributed by atoms with Gasteiger partial charge < -0.3 is 16.0 Å². The number of hydrogen-bond acceptors (Lipinski definition) is 3. The Morgan fingerprint density at radius 2 is 2.46 bits per heavy atom. The van der Waals surface area contributed by atoms with Crippen LogP contribution in [0.25, 0.3) is 0 Å². The molecule has 4 nitrogen and oxygen atoms in total. The minimum absolute atomic E-state index is 0.188. The number of hydrogen-bond donors (Lipinski definition) is 3. The van der Waals surface area contributed by atoms with Crippen molar-refractivity contribution in [3.63, 3.8) is 0 Å². The second-order valence-corrected chi connectivity index (χ2v) is 2.87. The monoisotopic (exact) mass is 197 g/mol. The first-order chi connectivity index (χ1) is 6.25. The van der Waals surface area contributed by atoms with Gasteiger partial charge in [-0.3, -0.25) is 4.79 Å². The van der Waals surface area contributed by atoms with Crippen molar-refractivity contribution in [1.82, 2.24) is 10.3 Å². The van der Waals surface area contributed by atoms with Gasteiger partial charge in [0.15, 0.2) is 0 Å². The van der Waals surface area contributed by atoms with E-state index in [1.165, 1.54) is 0 Å². The average Bonchev–Trinajstić information content (AvgIpc) is 2.15. The summed E-state index contributed by atoms with van der Waals surface area (Å²) in [5.74, 6) is -0.188. The molecular formula is C8H11N3OS. The second kappa shape index (κ2) is 4.74. The van der Waals surface area contributed by atoms with Crippen molar-refractivity contribution in [2.75, 3.05) is 13.1 Å². The van der Waals surface area contributed by atoms with Crippen molar-refractivity contribution >= 4 is 18.1 Å². The summed E-state index contributed by atoms with van der Waals surface area (Å²) in [6.07, 6.45) is 1.68. The molecule has 0 bridgehead atoms. The third-order valence-corrected chi connectivity index (χ3v) is 1.83. The van der Waals surface area contributed by atoms with Crippen molar-refractivity contribution in [3.05, 3.63) is 28.5 Å². The number of amides is 1. The molecule has 1 heterocycles. The summed E-state index contributed by atoms with van der Waals surface area (Å²) in [5.41, 5.74) is 5.72. The van der Waals surface area contributed by atoms with Gasteiger partial charge in [-0.25, -0.2) is 0 Å². The lowest BCUT2D eigenvalue weighted by Gasteiger charge is -2.02. The maximum Gasteiger partial charge on any atom is 0.254 e. The van der Waals surface area contributed by atoms with E-state index in [-0.39, 0.29) is 5.91 Å². The van der Waals surface area contributed by atoms with Gasteiger partial charge in [0.2, 0.25) is 0 Å². The lowest BCUT2D eigenvalue weighted by atomic mass is 10.3. The first kappa shape index (κ1) is 9.88. The summed E-state index contributed by atoms with van der Waals surface area (Å²) in [5, 5.41) is 2.64. The summed E-state index contributed by atoms with van der Waals surface area (Å²) in [6, 6.07) is 3.40. The van der Waals surface area contributed by atoms with Crippen LogP contribution in [0, 0.1) is 4.64 Å². The highest BCUT2D eigenvalue weighted by Crippen LogP contribution is 1.98. The number of H-pyrrole nitrogens is 1. The average molecular weight is 197 g/mol. The molecule has 0 radical (unpaired) electrons. The largest absolute Gasteiger partial charge is 0.352 e. The van der Waals surface area contributed by atoms with Gasteiger partial charge in [0.1, 0.15) is 4.64 Å². The zero-order chi connectivity index (χ0) is 9.68. The molecule has 0 aliphatic carbocycles. The Labute approximate surface area is 81.2 Å². The predicted octanol–water partition coefficient (Wildman–Crippen LogP) is 0.433. The molecule has 5 heteroatoms. The van der Waals surface area contributed by atoms with E-state index in [1.807, 2.05) is 0 Å². The fourth-order valence-electron chi connectivity index (χ4n) is 0.881. The highest BCUT2D eigenvalue weighted by Gasteiger charge is 2.04. The maximum absolute atomic E-state index is 11.4. The van der Waals surface area contributed by atoms with Gasteiger partial charge >= 0.3 is 0 Å². The first-order valence-corrected chi connectivity index (χ1v) is 4.32. The predicted molar refractivity (Wildman–Crippen MR) is 53.0 cm³/mol. The number of rotatable bonds is 3. The quantitative estimate of drug-likeness (QED) is 0.615. The van der Waals surface area contributed by atoms with Crippen molar-refractivity contribution in [3.8, 4) is 0 Å². The molecule has 0 aliphatic heterocycles. The molecule has 4 N–H and O–H groups in total. The summed E-state index contributed by atoms with van der Waals surface area (Å²) in [7, 11) is 0. The van der Waals surface area contributed by atoms with Crippen LogP contribution in [0.3, 0.4) is 0 Å². The van der Waals surface area contributed by atoms with E-state index in [0.717, 1.165) is 0 Å².